The molecule has 0 spiro atoms. The second-order valence-corrected chi connectivity index (χ2v) is 3.68. The predicted molar refractivity (Wildman–Crippen MR) is 51.4 cm³/mol. The van der Waals surface area contributed by atoms with Crippen LogP contribution in [-0.4, -0.2) is 5.90 Å². The minimum absolute atomic E-state index is 0.0266. The first kappa shape index (κ1) is 9.19. The third-order valence-electron chi connectivity index (χ3n) is 2.62. The summed E-state index contributed by atoms with van der Waals surface area (Å²) in [7, 11) is 0. The standard InChI is InChI=1S/C11H14N2O/c14-11(10-6-2-3-7-10)12-13-8-4-1-5-9-13/h1,4-5,8-10H,2-3,6-7H2. The first-order valence-electron chi connectivity index (χ1n) is 5.08. The van der Waals surface area contributed by atoms with Crippen molar-refractivity contribution in [3.63, 3.8) is 0 Å². The molecule has 1 fully saturated rings. The lowest BCUT2D eigenvalue weighted by atomic mass is 10.1. The van der Waals surface area contributed by atoms with Crippen LogP contribution in [0.4, 0.5) is 0 Å². The average Bonchev–Trinajstić information content (AvgIpc) is 2.72. The average molecular weight is 190 g/mol. The summed E-state index contributed by atoms with van der Waals surface area (Å²) in [5.41, 5.74) is 0. The lowest BCUT2D eigenvalue weighted by Gasteiger charge is -2.13. The smallest absolute Gasteiger partial charge is 0.202 e. The molecule has 0 bridgehead atoms. The normalized spacial score (nSPS) is 18.7. The van der Waals surface area contributed by atoms with Crippen LogP contribution in [0.1, 0.15) is 25.7 Å². The Hall–Kier alpha value is -1.38. The van der Waals surface area contributed by atoms with Crippen LogP contribution in [-0.2, 0) is 0 Å². The van der Waals surface area contributed by atoms with Crippen LogP contribution in [0.3, 0.4) is 0 Å². The Labute approximate surface area is 83.7 Å². The van der Waals surface area contributed by atoms with Crippen LogP contribution < -0.4 is 9.78 Å². The molecule has 0 radical (unpaired) electrons. The molecular weight excluding hydrogens is 176 g/mol. The second kappa shape index (κ2) is 4.22. The Morgan fingerprint density at radius 1 is 1.14 bits per heavy atom. The van der Waals surface area contributed by atoms with Crippen molar-refractivity contribution >= 4 is 5.90 Å². The molecular formula is C11H14N2O. The highest BCUT2D eigenvalue weighted by atomic mass is 16.3. The van der Waals surface area contributed by atoms with Gasteiger partial charge < -0.3 is 5.11 Å². The molecule has 1 aromatic rings. The predicted octanol–water partition coefficient (Wildman–Crippen LogP) is 0.686. The lowest BCUT2D eigenvalue weighted by molar-refractivity contribution is -0.681. The van der Waals surface area contributed by atoms with Gasteiger partial charge in [-0.3, -0.25) is 0 Å². The van der Waals surface area contributed by atoms with Crippen LogP contribution in [0, 0.1) is 5.92 Å². The second-order valence-electron chi connectivity index (χ2n) is 3.68. The van der Waals surface area contributed by atoms with Gasteiger partial charge in [0, 0.05) is 18.0 Å². The van der Waals surface area contributed by atoms with E-state index >= 15 is 0 Å². The van der Waals surface area contributed by atoms with Gasteiger partial charge in [0.2, 0.25) is 12.4 Å². The molecule has 1 saturated carbocycles. The molecule has 0 amide bonds. The molecule has 74 valence electrons. The van der Waals surface area contributed by atoms with Crippen molar-refractivity contribution in [1.29, 1.82) is 0 Å². The summed E-state index contributed by atoms with van der Waals surface area (Å²) >= 11 is 0. The zero-order chi connectivity index (χ0) is 9.80. The van der Waals surface area contributed by atoms with Gasteiger partial charge in [0.15, 0.2) is 0 Å². The van der Waals surface area contributed by atoms with E-state index in [1.807, 2.05) is 18.2 Å². The van der Waals surface area contributed by atoms with Crippen molar-refractivity contribution in [2.24, 2.45) is 11.0 Å². The topological polar surface area (TPSA) is 39.3 Å². The highest BCUT2D eigenvalue weighted by molar-refractivity contribution is 5.73. The van der Waals surface area contributed by atoms with E-state index < -0.39 is 0 Å². The first-order valence-corrected chi connectivity index (χ1v) is 5.08. The van der Waals surface area contributed by atoms with Gasteiger partial charge >= 0.3 is 0 Å². The fourth-order valence-electron chi connectivity index (χ4n) is 1.82. The molecule has 0 saturated heterocycles. The Bertz CT molecular complexity index is 315. The van der Waals surface area contributed by atoms with Gasteiger partial charge in [-0.1, -0.05) is 23.6 Å². The molecule has 0 aromatic carbocycles. The van der Waals surface area contributed by atoms with Gasteiger partial charge in [-0.25, -0.2) is 0 Å². The summed E-state index contributed by atoms with van der Waals surface area (Å²) in [4.78, 5) is 0. The number of hydrogen-bond donors (Lipinski definition) is 0. The van der Waals surface area contributed by atoms with Crippen LogP contribution in [0.25, 0.3) is 0 Å². The van der Waals surface area contributed by atoms with E-state index in [0.717, 1.165) is 12.8 Å². The molecule has 1 heterocycles. The zero-order valence-corrected chi connectivity index (χ0v) is 8.10. The summed E-state index contributed by atoms with van der Waals surface area (Å²) in [5.74, 6) is 0.196. The number of aromatic nitrogens is 1. The zero-order valence-electron chi connectivity index (χ0n) is 8.10. The fourth-order valence-corrected chi connectivity index (χ4v) is 1.82. The van der Waals surface area contributed by atoms with Crippen molar-refractivity contribution in [2.45, 2.75) is 25.7 Å². The lowest BCUT2D eigenvalue weighted by Crippen LogP contribution is -2.35. The molecule has 3 heteroatoms. The maximum Gasteiger partial charge on any atom is 0.202 e. The number of rotatable bonds is 2. The maximum atomic E-state index is 11.6. The van der Waals surface area contributed by atoms with Gasteiger partial charge in [0.25, 0.3) is 0 Å². The van der Waals surface area contributed by atoms with Crippen molar-refractivity contribution < 1.29 is 9.78 Å². The summed E-state index contributed by atoms with van der Waals surface area (Å²) in [6, 6.07) is 5.64. The molecule has 1 aliphatic carbocycles. The summed E-state index contributed by atoms with van der Waals surface area (Å²) in [6.45, 7) is 0. The molecule has 1 aromatic heterocycles. The van der Waals surface area contributed by atoms with Gasteiger partial charge in [0.1, 0.15) is 0 Å². The minimum Gasteiger partial charge on any atom is -0.857 e. The Morgan fingerprint density at radius 3 is 2.43 bits per heavy atom. The molecule has 14 heavy (non-hydrogen) atoms. The van der Waals surface area contributed by atoms with E-state index in [-0.39, 0.29) is 11.8 Å². The van der Waals surface area contributed by atoms with Crippen molar-refractivity contribution in [1.82, 2.24) is 0 Å². The Morgan fingerprint density at radius 2 is 1.79 bits per heavy atom. The quantitative estimate of drug-likeness (QED) is 0.384. The van der Waals surface area contributed by atoms with Crippen LogP contribution in [0.2, 0.25) is 0 Å². The van der Waals surface area contributed by atoms with Crippen molar-refractivity contribution in [2.75, 3.05) is 0 Å². The summed E-state index contributed by atoms with van der Waals surface area (Å²) < 4.78 is 1.58. The molecule has 1 aliphatic rings. The maximum absolute atomic E-state index is 11.6. The van der Waals surface area contributed by atoms with E-state index in [0.29, 0.717) is 0 Å². The molecule has 0 unspecified atom stereocenters. The van der Waals surface area contributed by atoms with Gasteiger partial charge in [-0.05, 0) is 23.9 Å². The van der Waals surface area contributed by atoms with Gasteiger partial charge in [0.05, 0.1) is 0 Å². The fraction of sp³-hybridized carbons (Fsp3) is 0.455. The number of pyridine rings is 1. The molecule has 0 aliphatic heterocycles. The van der Waals surface area contributed by atoms with Crippen LogP contribution in [0.5, 0.6) is 0 Å². The molecule has 0 N–H and O–H groups in total. The van der Waals surface area contributed by atoms with E-state index in [1.165, 1.54) is 12.8 Å². The monoisotopic (exact) mass is 190 g/mol. The number of hydrogen-bond acceptors (Lipinski definition) is 2. The first-order chi connectivity index (χ1) is 6.86. The summed E-state index contributed by atoms with van der Waals surface area (Å²) in [5, 5.41) is 15.6. The summed E-state index contributed by atoms with van der Waals surface area (Å²) in [6.07, 6.45) is 7.93. The third kappa shape index (κ3) is 2.10. The highest BCUT2D eigenvalue weighted by Gasteiger charge is 2.16. The van der Waals surface area contributed by atoms with Gasteiger partial charge in [-0.2, -0.15) is 0 Å². The molecule has 3 nitrogen and oxygen atoms in total. The number of nitrogens with zero attached hydrogens (tertiary/aromatic N) is 2. The highest BCUT2D eigenvalue weighted by Crippen LogP contribution is 2.24. The van der Waals surface area contributed by atoms with Crippen molar-refractivity contribution in [3.8, 4) is 0 Å². The van der Waals surface area contributed by atoms with Crippen LogP contribution in [0.15, 0.2) is 35.7 Å². The molecule has 2 rings (SSSR count). The molecule has 0 atom stereocenters. The van der Waals surface area contributed by atoms with E-state index in [9.17, 15) is 5.11 Å². The SMILES string of the molecule is [O-]/C(=N\[n+]1ccccc1)C1CCCC1. The van der Waals surface area contributed by atoms with Crippen molar-refractivity contribution in [3.05, 3.63) is 30.6 Å². The third-order valence-corrected chi connectivity index (χ3v) is 2.62. The van der Waals surface area contributed by atoms with E-state index in [4.69, 9.17) is 0 Å². The van der Waals surface area contributed by atoms with Crippen LogP contribution >= 0.6 is 0 Å². The largest absolute Gasteiger partial charge is 0.857 e. The van der Waals surface area contributed by atoms with E-state index in [2.05, 4.69) is 5.10 Å². The van der Waals surface area contributed by atoms with Gasteiger partial charge in [-0.15, -0.1) is 0 Å². The Balaban J connectivity index is 2.10. The minimum atomic E-state index is 0.0266. The van der Waals surface area contributed by atoms with E-state index in [1.54, 1.807) is 17.1 Å². The Kier molecular flexibility index (Phi) is 2.77.